The lowest BCUT2D eigenvalue weighted by atomic mass is 10.1. The predicted octanol–water partition coefficient (Wildman–Crippen LogP) is 1.46. The first-order chi connectivity index (χ1) is 8.01. The van der Waals surface area contributed by atoms with Gasteiger partial charge in [0.2, 0.25) is 0 Å². The highest BCUT2D eigenvalue weighted by Crippen LogP contribution is 2.03. The largest absolute Gasteiger partial charge is 0.466 e. The van der Waals surface area contributed by atoms with Gasteiger partial charge in [-0.05, 0) is 47.1 Å². The Morgan fingerprint density at radius 3 is 2.35 bits per heavy atom. The van der Waals surface area contributed by atoms with Crippen molar-refractivity contribution >= 4 is 5.97 Å². The van der Waals surface area contributed by atoms with E-state index >= 15 is 0 Å². The maximum atomic E-state index is 11.5. The monoisotopic (exact) mass is 244 g/mol. The van der Waals surface area contributed by atoms with Crippen LogP contribution in [-0.4, -0.2) is 62.7 Å². The van der Waals surface area contributed by atoms with Crippen molar-refractivity contribution in [2.45, 2.75) is 27.2 Å². The third-order valence-electron chi connectivity index (χ3n) is 2.75. The van der Waals surface area contributed by atoms with Crippen molar-refractivity contribution in [1.29, 1.82) is 0 Å². The van der Waals surface area contributed by atoms with E-state index in [0.29, 0.717) is 6.61 Å². The minimum Gasteiger partial charge on any atom is -0.466 e. The Labute approximate surface area is 106 Å². The molecule has 0 bridgehead atoms. The zero-order valence-corrected chi connectivity index (χ0v) is 12.0. The normalized spacial score (nSPS) is 13.1. The minimum absolute atomic E-state index is 0.0331. The standard InChI is InChI=1S/C13H28N2O2/c1-6-15(10-8-9-14(4)5)11-12(3)13(16)17-7-2/h12H,6-11H2,1-5H3. The van der Waals surface area contributed by atoms with Crippen LogP contribution in [0.4, 0.5) is 0 Å². The van der Waals surface area contributed by atoms with Gasteiger partial charge in [0.25, 0.3) is 0 Å². The SMILES string of the molecule is CCOC(=O)C(C)CN(CC)CCCN(C)C. The molecule has 0 fully saturated rings. The number of rotatable bonds is 9. The third kappa shape index (κ3) is 8.16. The van der Waals surface area contributed by atoms with E-state index in [1.165, 1.54) is 0 Å². The lowest BCUT2D eigenvalue weighted by Crippen LogP contribution is -2.34. The maximum absolute atomic E-state index is 11.5. The average Bonchev–Trinajstić information content (AvgIpc) is 2.27. The summed E-state index contributed by atoms with van der Waals surface area (Å²) >= 11 is 0. The lowest BCUT2D eigenvalue weighted by molar-refractivity contribution is -0.148. The van der Waals surface area contributed by atoms with Crippen molar-refractivity contribution in [3.05, 3.63) is 0 Å². The first-order valence-corrected chi connectivity index (χ1v) is 6.54. The molecule has 0 aromatic carbocycles. The fourth-order valence-electron chi connectivity index (χ4n) is 1.74. The van der Waals surface area contributed by atoms with Crippen LogP contribution in [0.1, 0.15) is 27.2 Å². The molecule has 0 spiro atoms. The number of nitrogens with zero attached hydrogens (tertiary/aromatic N) is 2. The minimum atomic E-state index is -0.0847. The molecule has 0 aromatic rings. The highest BCUT2D eigenvalue weighted by molar-refractivity contribution is 5.72. The van der Waals surface area contributed by atoms with E-state index in [9.17, 15) is 4.79 Å². The van der Waals surface area contributed by atoms with Crippen LogP contribution in [0.15, 0.2) is 0 Å². The fraction of sp³-hybridized carbons (Fsp3) is 0.923. The molecular formula is C13H28N2O2. The molecule has 4 heteroatoms. The summed E-state index contributed by atoms with van der Waals surface area (Å²) in [7, 11) is 4.16. The molecule has 0 rings (SSSR count). The topological polar surface area (TPSA) is 32.8 Å². The summed E-state index contributed by atoms with van der Waals surface area (Å²) in [5, 5.41) is 0. The van der Waals surface area contributed by atoms with Gasteiger partial charge in [0, 0.05) is 6.54 Å². The average molecular weight is 244 g/mol. The number of hydrogen-bond donors (Lipinski definition) is 0. The van der Waals surface area contributed by atoms with Crippen LogP contribution in [0.25, 0.3) is 0 Å². The molecule has 1 unspecified atom stereocenters. The molecule has 0 saturated heterocycles. The van der Waals surface area contributed by atoms with Gasteiger partial charge in [-0.3, -0.25) is 4.79 Å². The van der Waals surface area contributed by atoms with Gasteiger partial charge in [-0.25, -0.2) is 0 Å². The summed E-state index contributed by atoms with van der Waals surface area (Å²) < 4.78 is 5.02. The number of esters is 1. The number of carbonyl (C=O) groups excluding carboxylic acids is 1. The van der Waals surface area contributed by atoms with Gasteiger partial charge in [0.05, 0.1) is 12.5 Å². The van der Waals surface area contributed by atoms with Crippen LogP contribution in [0.5, 0.6) is 0 Å². The van der Waals surface area contributed by atoms with Gasteiger partial charge >= 0.3 is 5.97 Å². The van der Waals surface area contributed by atoms with E-state index in [0.717, 1.165) is 32.6 Å². The third-order valence-corrected chi connectivity index (χ3v) is 2.75. The van der Waals surface area contributed by atoms with Crippen LogP contribution in [0.3, 0.4) is 0 Å². The summed E-state index contributed by atoms with van der Waals surface area (Å²) in [5.74, 6) is -0.118. The molecule has 0 heterocycles. The van der Waals surface area contributed by atoms with E-state index in [1.807, 2.05) is 13.8 Å². The van der Waals surface area contributed by atoms with Crippen molar-refractivity contribution in [3.63, 3.8) is 0 Å². The van der Waals surface area contributed by atoms with Gasteiger partial charge in [-0.15, -0.1) is 0 Å². The van der Waals surface area contributed by atoms with Crippen molar-refractivity contribution in [3.8, 4) is 0 Å². The van der Waals surface area contributed by atoms with Crippen molar-refractivity contribution in [1.82, 2.24) is 9.80 Å². The van der Waals surface area contributed by atoms with E-state index in [-0.39, 0.29) is 11.9 Å². The second kappa shape index (κ2) is 9.42. The molecule has 0 radical (unpaired) electrons. The molecule has 0 N–H and O–H groups in total. The summed E-state index contributed by atoms with van der Waals surface area (Å²) in [4.78, 5) is 16.0. The molecule has 102 valence electrons. The van der Waals surface area contributed by atoms with Gasteiger partial charge < -0.3 is 14.5 Å². The molecule has 0 aliphatic rings. The van der Waals surface area contributed by atoms with Crippen molar-refractivity contribution in [2.24, 2.45) is 5.92 Å². The Hall–Kier alpha value is -0.610. The number of ether oxygens (including phenoxy) is 1. The van der Waals surface area contributed by atoms with Crippen LogP contribution in [0.2, 0.25) is 0 Å². The van der Waals surface area contributed by atoms with Crippen LogP contribution >= 0.6 is 0 Å². The molecule has 17 heavy (non-hydrogen) atoms. The predicted molar refractivity (Wildman–Crippen MR) is 71.1 cm³/mol. The zero-order chi connectivity index (χ0) is 13.3. The molecule has 1 atom stereocenters. The quantitative estimate of drug-likeness (QED) is 0.575. The maximum Gasteiger partial charge on any atom is 0.309 e. The first kappa shape index (κ1) is 16.4. The van der Waals surface area contributed by atoms with Gasteiger partial charge in [0.1, 0.15) is 0 Å². The van der Waals surface area contributed by atoms with Crippen molar-refractivity contribution < 1.29 is 9.53 Å². The number of hydrogen-bond acceptors (Lipinski definition) is 4. The fourth-order valence-corrected chi connectivity index (χ4v) is 1.74. The molecule has 4 nitrogen and oxygen atoms in total. The van der Waals surface area contributed by atoms with Crippen LogP contribution in [-0.2, 0) is 9.53 Å². The van der Waals surface area contributed by atoms with E-state index in [2.05, 4.69) is 30.8 Å². The van der Waals surface area contributed by atoms with Gasteiger partial charge in [0.15, 0.2) is 0 Å². The second-order valence-corrected chi connectivity index (χ2v) is 4.70. The number of carbonyl (C=O) groups is 1. The summed E-state index contributed by atoms with van der Waals surface area (Å²) in [6, 6.07) is 0. The second-order valence-electron chi connectivity index (χ2n) is 4.70. The smallest absolute Gasteiger partial charge is 0.309 e. The highest BCUT2D eigenvalue weighted by Gasteiger charge is 2.16. The first-order valence-electron chi connectivity index (χ1n) is 6.54. The van der Waals surface area contributed by atoms with Gasteiger partial charge in [-0.2, -0.15) is 0 Å². The Kier molecular flexibility index (Phi) is 9.09. The molecule has 0 aliphatic carbocycles. The molecular weight excluding hydrogens is 216 g/mol. The van der Waals surface area contributed by atoms with Gasteiger partial charge in [-0.1, -0.05) is 13.8 Å². The molecule has 0 amide bonds. The van der Waals surface area contributed by atoms with E-state index in [1.54, 1.807) is 0 Å². The van der Waals surface area contributed by atoms with Crippen molar-refractivity contribution in [2.75, 3.05) is 46.9 Å². The van der Waals surface area contributed by atoms with E-state index in [4.69, 9.17) is 4.74 Å². The van der Waals surface area contributed by atoms with Crippen LogP contribution < -0.4 is 0 Å². The Bertz CT molecular complexity index is 208. The van der Waals surface area contributed by atoms with E-state index < -0.39 is 0 Å². The summed E-state index contributed by atoms with van der Waals surface area (Å²) in [6.45, 7) is 10.3. The molecule has 0 aliphatic heterocycles. The molecule has 0 aromatic heterocycles. The lowest BCUT2D eigenvalue weighted by Gasteiger charge is -2.24. The zero-order valence-electron chi connectivity index (χ0n) is 12.0. The summed E-state index contributed by atoms with van der Waals surface area (Å²) in [5.41, 5.74) is 0. The Morgan fingerprint density at radius 1 is 1.24 bits per heavy atom. The Morgan fingerprint density at radius 2 is 1.88 bits per heavy atom. The molecule has 0 saturated carbocycles. The Balaban J connectivity index is 3.90. The summed E-state index contributed by atoms with van der Waals surface area (Å²) in [6.07, 6.45) is 1.14. The highest BCUT2D eigenvalue weighted by atomic mass is 16.5. The van der Waals surface area contributed by atoms with Crippen LogP contribution in [0, 0.1) is 5.92 Å².